The molecule has 0 fully saturated rings. The number of hydrogen-bond acceptors (Lipinski definition) is 3. The molecule has 0 radical (unpaired) electrons. The number of rotatable bonds is 2. The van der Waals surface area contributed by atoms with Crippen LogP contribution >= 0.6 is 0 Å². The van der Waals surface area contributed by atoms with Crippen molar-refractivity contribution in [3.63, 3.8) is 0 Å². The van der Waals surface area contributed by atoms with Crippen LogP contribution in [0.5, 0.6) is 11.5 Å². The number of fused-ring (bicyclic) bond motifs is 1. The standard InChI is InChI=1S/C16H12FNO3/c1-21-11-6-13-16(14(19)7-11)15(20)8-12(18-13)9-2-4-10(17)5-3-9/h2-8,19H,1H3,(H,18,20). The molecule has 0 amide bonds. The van der Waals surface area contributed by atoms with Crippen molar-refractivity contribution in [3.8, 4) is 22.8 Å². The molecule has 0 saturated heterocycles. The van der Waals surface area contributed by atoms with Gasteiger partial charge in [-0.2, -0.15) is 0 Å². The molecule has 0 aliphatic heterocycles. The van der Waals surface area contributed by atoms with Crippen molar-refractivity contribution in [2.75, 3.05) is 7.11 Å². The predicted octanol–water partition coefficient (Wildman–Crippen LogP) is 3.05. The number of aromatic hydroxyl groups is 1. The SMILES string of the molecule is COc1cc(O)c2c(=O)cc(-c3ccc(F)cc3)[nH]c2c1. The summed E-state index contributed by atoms with van der Waals surface area (Å²) in [6.45, 7) is 0. The zero-order valence-electron chi connectivity index (χ0n) is 11.2. The third-order valence-electron chi connectivity index (χ3n) is 3.27. The number of ether oxygens (including phenoxy) is 1. The van der Waals surface area contributed by atoms with E-state index < -0.39 is 0 Å². The zero-order chi connectivity index (χ0) is 15.0. The van der Waals surface area contributed by atoms with Gasteiger partial charge in [0.1, 0.15) is 17.3 Å². The number of halogens is 1. The number of hydrogen-bond donors (Lipinski definition) is 2. The van der Waals surface area contributed by atoms with Gasteiger partial charge in [-0.3, -0.25) is 4.79 Å². The lowest BCUT2D eigenvalue weighted by Crippen LogP contribution is -2.03. The van der Waals surface area contributed by atoms with E-state index in [0.29, 0.717) is 22.5 Å². The first-order valence-corrected chi connectivity index (χ1v) is 6.28. The van der Waals surface area contributed by atoms with Gasteiger partial charge in [-0.05, 0) is 29.8 Å². The minimum absolute atomic E-state index is 0.142. The summed E-state index contributed by atoms with van der Waals surface area (Å²) in [5.41, 5.74) is 1.36. The van der Waals surface area contributed by atoms with E-state index in [2.05, 4.69) is 4.98 Å². The largest absolute Gasteiger partial charge is 0.507 e. The Kier molecular flexibility index (Phi) is 3.10. The fraction of sp³-hybridized carbons (Fsp3) is 0.0625. The van der Waals surface area contributed by atoms with Gasteiger partial charge in [0.15, 0.2) is 5.43 Å². The Bertz CT molecular complexity index is 869. The molecule has 0 atom stereocenters. The van der Waals surface area contributed by atoms with Crippen LogP contribution in [0.1, 0.15) is 0 Å². The monoisotopic (exact) mass is 285 g/mol. The minimum Gasteiger partial charge on any atom is -0.507 e. The molecule has 0 unspecified atom stereocenters. The third-order valence-corrected chi connectivity index (χ3v) is 3.27. The van der Waals surface area contributed by atoms with Crippen LogP contribution in [0.4, 0.5) is 4.39 Å². The fourth-order valence-electron chi connectivity index (χ4n) is 2.25. The Morgan fingerprint density at radius 2 is 1.86 bits per heavy atom. The minimum atomic E-state index is -0.346. The van der Waals surface area contributed by atoms with Crippen molar-refractivity contribution in [1.29, 1.82) is 0 Å². The summed E-state index contributed by atoms with van der Waals surface area (Å²) in [4.78, 5) is 15.2. The van der Waals surface area contributed by atoms with Gasteiger partial charge in [-0.15, -0.1) is 0 Å². The van der Waals surface area contributed by atoms with Crippen LogP contribution in [0.25, 0.3) is 22.2 Å². The topological polar surface area (TPSA) is 62.3 Å². The first kappa shape index (κ1) is 13.2. The second kappa shape index (κ2) is 4.94. The van der Waals surface area contributed by atoms with Crippen LogP contribution < -0.4 is 10.2 Å². The molecule has 0 aliphatic rings. The van der Waals surface area contributed by atoms with Crippen LogP contribution in [-0.4, -0.2) is 17.2 Å². The van der Waals surface area contributed by atoms with E-state index in [1.807, 2.05) is 0 Å². The number of aromatic nitrogens is 1. The average Bonchev–Trinajstić information content (AvgIpc) is 2.46. The number of pyridine rings is 1. The summed E-state index contributed by atoms with van der Waals surface area (Å²) in [5.74, 6) is -0.0515. The van der Waals surface area contributed by atoms with Crippen molar-refractivity contribution >= 4 is 10.9 Å². The molecule has 3 rings (SSSR count). The molecule has 106 valence electrons. The highest BCUT2D eigenvalue weighted by molar-refractivity contribution is 5.88. The molecule has 0 bridgehead atoms. The van der Waals surface area contributed by atoms with Crippen LogP contribution in [0, 0.1) is 5.82 Å². The van der Waals surface area contributed by atoms with E-state index in [4.69, 9.17) is 4.74 Å². The smallest absolute Gasteiger partial charge is 0.193 e. The van der Waals surface area contributed by atoms with E-state index in [9.17, 15) is 14.3 Å². The first-order chi connectivity index (χ1) is 10.1. The Hall–Kier alpha value is -2.82. The molecule has 0 aliphatic carbocycles. The summed E-state index contributed by atoms with van der Waals surface area (Å²) in [6, 6.07) is 10.2. The van der Waals surface area contributed by atoms with Crippen molar-refractivity contribution in [1.82, 2.24) is 4.98 Å². The predicted molar refractivity (Wildman–Crippen MR) is 78.2 cm³/mol. The first-order valence-electron chi connectivity index (χ1n) is 6.28. The Balaban J connectivity index is 2.27. The molecule has 4 nitrogen and oxygen atoms in total. The van der Waals surface area contributed by atoms with Crippen molar-refractivity contribution in [3.05, 3.63) is 58.5 Å². The van der Waals surface area contributed by atoms with Gasteiger partial charge in [-0.25, -0.2) is 4.39 Å². The Morgan fingerprint density at radius 1 is 1.14 bits per heavy atom. The van der Waals surface area contributed by atoms with E-state index in [-0.39, 0.29) is 22.4 Å². The normalized spacial score (nSPS) is 10.8. The van der Waals surface area contributed by atoms with Gasteiger partial charge in [0.2, 0.25) is 0 Å². The Labute approximate surface area is 119 Å². The molecule has 2 N–H and O–H groups in total. The molecule has 5 heteroatoms. The van der Waals surface area contributed by atoms with Gasteiger partial charge in [0.05, 0.1) is 18.0 Å². The van der Waals surface area contributed by atoms with Crippen LogP contribution in [0.2, 0.25) is 0 Å². The maximum absolute atomic E-state index is 13.0. The quantitative estimate of drug-likeness (QED) is 0.760. The number of aromatic amines is 1. The summed E-state index contributed by atoms with van der Waals surface area (Å²) in [6.07, 6.45) is 0. The maximum atomic E-state index is 13.0. The molecule has 0 spiro atoms. The molecular formula is C16H12FNO3. The highest BCUT2D eigenvalue weighted by Crippen LogP contribution is 2.28. The second-order valence-electron chi connectivity index (χ2n) is 4.62. The lowest BCUT2D eigenvalue weighted by atomic mass is 10.1. The lowest BCUT2D eigenvalue weighted by molar-refractivity contribution is 0.409. The molecular weight excluding hydrogens is 273 g/mol. The van der Waals surface area contributed by atoms with E-state index in [1.165, 1.54) is 31.4 Å². The van der Waals surface area contributed by atoms with Crippen LogP contribution in [0.15, 0.2) is 47.3 Å². The summed E-state index contributed by atoms with van der Waals surface area (Å²) < 4.78 is 18.0. The van der Waals surface area contributed by atoms with Gasteiger partial charge >= 0.3 is 0 Å². The van der Waals surface area contributed by atoms with Crippen molar-refractivity contribution in [2.45, 2.75) is 0 Å². The molecule has 2 aromatic carbocycles. The summed E-state index contributed by atoms with van der Waals surface area (Å²) >= 11 is 0. The number of nitrogens with one attached hydrogen (secondary N) is 1. The molecule has 1 heterocycles. The lowest BCUT2D eigenvalue weighted by Gasteiger charge is -2.08. The van der Waals surface area contributed by atoms with Gasteiger partial charge < -0.3 is 14.8 Å². The second-order valence-corrected chi connectivity index (χ2v) is 4.62. The van der Waals surface area contributed by atoms with Gasteiger partial charge in [0.25, 0.3) is 0 Å². The Morgan fingerprint density at radius 3 is 2.52 bits per heavy atom. The van der Waals surface area contributed by atoms with E-state index in [1.54, 1.807) is 18.2 Å². The van der Waals surface area contributed by atoms with Crippen molar-refractivity contribution in [2.24, 2.45) is 0 Å². The average molecular weight is 285 g/mol. The van der Waals surface area contributed by atoms with E-state index in [0.717, 1.165) is 0 Å². The van der Waals surface area contributed by atoms with E-state index >= 15 is 0 Å². The van der Waals surface area contributed by atoms with Gasteiger partial charge in [0, 0.05) is 23.9 Å². The highest BCUT2D eigenvalue weighted by Gasteiger charge is 2.10. The van der Waals surface area contributed by atoms with Crippen molar-refractivity contribution < 1.29 is 14.2 Å². The number of phenolic OH excluding ortho intramolecular Hbond substituents is 1. The van der Waals surface area contributed by atoms with Gasteiger partial charge in [-0.1, -0.05) is 0 Å². The van der Waals surface area contributed by atoms with Crippen LogP contribution in [0.3, 0.4) is 0 Å². The van der Waals surface area contributed by atoms with Crippen LogP contribution in [-0.2, 0) is 0 Å². The third kappa shape index (κ3) is 2.33. The molecule has 3 aromatic rings. The number of benzene rings is 2. The number of H-pyrrole nitrogens is 1. The zero-order valence-corrected chi connectivity index (χ0v) is 11.2. The number of methoxy groups -OCH3 is 1. The molecule has 0 saturated carbocycles. The summed E-state index contributed by atoms with van der Waals surface area (Å²) in [7, 11) is 1.47. The maximum Gasteiger partial charge on any atom is 0.193 e. The highest BCUT2D eigenvalue weighted by atomic mass is 19.1. The summed E-state index contributed by atoms with van der Waals surface area (Å²) in [5, 5.41) is 10.1. The fourth-order valence-corrected chi connectivity index (χ4v) is 2.25. The molecule has 1 aromatic heterocycles. The number of phenols is 1. The molecule has 21 heavy (non-hydrogen) atoms.